The van der Waals surface area contributed by atoms with Gasteiger partial charge in [-0.1, -0.05) is 30.7 Å². The van der Waals surface area contributed by atoms with Crippen molar-refractivity contribution in [3.63, 3.8) is 0 Å². The van der Waals surface area contributed by atoms with Crippen LogP contribution in [0.1, 0.15) is 13.3 Å². The van der Waals surface area contributed by atoms with Gasteiger partial charge in [-0.15, -0.1) is 0 Å². The molecule has 0 fully saturated rings. The molecule has 2 rings (SSSR count). The van der Waals surface area contributed by atoms with Crippen LogP contribution in [0.15, 0.2) is 42.7 Å². The smallest absolute Gasteiger partial charge is 0.0632 e. The number of nitrogens with zero attached hydrogens (tertiary/aromatic N) is 1. The summed E-state index contributed by atoms with van der Waals surface area (Å²) in [6, 6.07) is 9.73. The third kappa shape index (κ3) is 3.69. The van der Waals surface area contributed by atoms with Gasteiger partial charge >= 0.3 is 0 Å². The van der Waals surface area contributed by atoms with E-state index in [-0.39, 0.29) is 12.6 Å². The summed E-state index contributed by atoms with van der Waals surface area (Å²) in [5.74, 6) is 0. The highest BCUT2D eigenvalue weighted by Crippen LogP contribution is 2.24. The average Bonchev–Trinajstić information content (AvgIpc) is 2.45. The monoisotopic (exact) mass is 276 g/mol. The lowest BCUT2D eigenvalue weighted by Crippen LogP contribution is -2.22. The van der Waals surface area contributed by atoms with E-state index in [0.29, 0.717) is 5.02 Å². The number of benzene rings is 1. The molecular weight excluding hydrogens is 260 g/mol. The molecule has 0 bridgehead atoms. The van der Waals surface area contributed by atoms with Crippen molar-refractivity contribution in [2.45, 2.75) is 19.4 Å². The lowest BCUT2D eigenvalue weighted by Gasteiger charge is -2.15. The molecule has 0 aliphatic heterocycles. The van der Waals surface area contributed by atoms with Gasteiger partial charge in [-0.2, -0.15) is 0 Å². The SMILES string of the molecule is CCC(CO)Nc1cncc(-c2cccc(Cl)c2)c1. The fraction of sp³-hybridized carbons (Fsp3) is 0.267. The summed E-state index contributed by atoms with van der Waals surface area (Å²) in [7, 11) is 0. The van der Waals surface area contributed by atoms with Gasteiger partial charge in [0.1, 0.15) is 0 Å². The Kier molecular flexibility index (Phi) is 4.77. The summed E-state index contributed by atoms with van der Waals surface area (Å²) >= 11 is 5.99. The summed E-state index contributed by atoms with van der Waals surface area (Å²) in [5.41, 5.74) is 2.93. The molecule has 1 aromatic carbocycles. The highest BCUT2D eigenvalue weighted by molar-refractivity contribution is 6.30. The molecule has 1 atom stereocenters. The maximum atomic E-state index is 9.21. The minimum absolute atomic E-state index is 0.0522. The standard InChI is InChI=1S/C15H17ClN2O/c1-2-14(10-19)18-15-7-12(8-17-9-15)11-4-3-5-13(16)6-11/h3-9,14,18-19H,2,10H2,1H3. The van der Waals surface area contributed by atoms with Crippen LogP contribution in [0.2, 0.25) is 5.02 Å². The number of aromatic nitrogens is 1. The molecular formula is C15H17ClN2O. The lowest BCUT2D eigenvalue weighted by atomic mass is 10.1. The Bertz CT molecular complexity index is 541. The van der Waals surface area contributed by atoms with Gasteiger partial charge in [0.2, 0.25) is 0 Å². The van der Waals surface area contributed by atoms with Crippen LogP contribution in [0.3, 0.4) is 0 Å². The zero-order chi connectivity index (χ0) is 13.7. The number of halogens is 1. The molecule has 0 radical (unpaired) electrons. The number of pyridine rings is 1. The number of nitrogens with one attached hydrogen (secondary N) is 1. The van der Waals surface area contributed by atoms with Crippen molar-refractivity contribution in [3.05, 3.63) is 47.7 Å². The van der Waals surface area contributed by atoms with Crippen LogP contribution in [0.25, 0.3) is 11.1 Å². The quantitative estimate of drug-likeness (QED) is 0.877. The van der Waals surface area contributed by atoms with E-state index in [1.54, 1.807) is 12.4 Å². The van der Waals surface area contributed by atoms with E-state index in [1.807, 2.05) is 37.3 Å². The largest absolute Gasteiger partial charge is 0.394 e. The zero-order valence-electron chi connectivity index (χ0n) is 10.8. The highest BCUT2D eigenvalue weighted by Gasteiger charge is 2.06. The molecule has 2 N–H and O–H groups in total. The Morgan fingerprint density at radius 1 is 1.26 bits per heavy atom. The van der Waals surface area contributed by atoms with Crippen molar-refractivity contribution in [1.82, 2.24) is 4.98 Å². The predicted octanol–water partition coefficient (Wildman–Crippen LogP) is 3.58. The Morgan fingerprint density at radius 2 is 2.11 bits per heavy atom. The first-order valence-corrected chi connectivity index (χ1v) is 6.69. The minimum atomic E-state index is 0.0522. The van der Waals surface area contributed by atoms with Gasteiger partial charge in [-0.05, 0) is 30.2 Å². The van der Waals surface area contributed by atoms with Crippen molar-refractivity contribution >= 4 is 17.3 Å². The van der Waals surface area contributed by atoms with Crippen LogP contribution in [-0.2, 0) is 0 Å². The van der Waals surface area contributed by atoms with Crippen LogP contribution < -0.4 is 5.32 Å². The average molecular weight is 277 g/mol. The van der Waals surface area contributed by atoms with Crippen molar-refractivity contribution in [2.75, 3.05) is 11.9 Å². The number of hydrogen-bond acceptors (Lipinski definition) is 3. The van der Waals surface area contributed by atoms with Crippen molar-refractivity contribution in [3.8, 4) is 11.1 Å². The summed E-state index contributed by atoms with van der Waals surface area (Å²) in [4.78, 5) is 4.23. The molecule has 1 unspecified atom stereocenters. The molecule has 0 spiro atoms. The van der Waals surface area contributed by atoms with E-state index in [4.69, 9.17) is 11.6 Å². The van der Waals surface area contributed by atoms with Crippen LogP contribution in [-0.4, -0.2) is 22.7 Å². The van der Waals surface area contributed by atoms with E-state index >= 15 is 0 Å². The first kappa shape index (κ1) is 13.8. The maximum absolute atomic E-state index is 9.21. The molecule has 0 aliphatic rings. The van der Waals surface area contributed by atoms with E-state index in [0.717, 1.165) is 23.2 Å². The van der Waals surface area contributed by atoms with E-state index in [1.165, 1.54) is 0 Å². The summed E-state index contributed by atoms with van der Waals surface area (Å²) in [6.45, 7) is 2.14. The topological polar surface area (TPSA) is 45.1 Å². The number of anilines is 1. The Hall–Kier alpha value is -1.58. The predicted molar refractivity (Wildman–Crippen MR) is 79.5 cm³/mol. The first-order chi connectivity index (χ1) is 9.22. The van der Waals surface area contributed by atoms with Gasteiger partial charge in [0.05, 0.1) is 12.3 Å². The number of aliphatic hydroxyl groups excluding tert-OH is 1. The molecule has 19 heavy (non-hydrogen) atoms. The molecule has 1 heterocycles. The van der Waals surface area contributed by atoms with Gasteiger partial charge < -0.3 is 10.4 Å². The highest BCUT2D eigenvalue weighted by atomic mass is 35.5. The molecule has 1 aromatic heterocycles. The summed E-state index contributed by atoms with van der Waals surface area (Å²) in [6.07, 6.45) is 4.42. The molecule has 100 valence electrons. The maximum Gasteiger partial charge on any atom is 0.0632 e. The Balaban J connectivity index is 2.24. The summed E-state index contributed by atoms with van der Waals surface area (Å²) < 4.78 is 0. The molecule has 0 saturated heterocycles. The van der Waals surface area contributed by atoms with Gasteiger partial charge in [-0.25, -0.2) is 0 Å². The van der Waals surface area contributed by atoms with Gasteiger partial charge in [0, 0.05) is 29.0 Å². The normalized spacial score (nSPS) is 12.2. The van der Waals surface area contributed by atoms with Gasteiger partial charge in [0.25, 0.3) is 0 Å². The molecule has 0 saturated carbocycles. The van der Waals surface area contributed by atoms with Crippen LogP contribution in [0.5, 0.6) is 0 Å². The molecule has 4 heteroatoms. The van der Waals surface area contributed by atoms with Crippen LogP contribution >= 0.6 is 11.6 Å². The van der Waals surface area contributed by atoms with Gasteiger partial charge in [0.15, 0.2) is 0 Å². The third-order valence-corrected chi connectivity index (χ3v) is 3.22. The first-order valence-electron chi connectivity index (χ1n) is 6.31. The van der Waals surface area contributed by atoms with Crippen LogP contribution in [0, 0.1) is 0 Å². The molecule has 2 aromatic rings. The second-order valence-electron chi connectivity index (χ2n) is 4.40. The van der Waals surface area contributed by atoms with Crippen molar-refractivity contribution in [2.24, 2.45) is 0 Å². The number of aliphatic hydroxyl groups is 1. The van der Waals surface area contributed by atoms with Gasteiger partial charge in [-0.3, -0.25) is 4.98 Å². The minimum Gasteiger partial charge on any atom is -0.394 e. The second kappa shape index (κ2) is 6.55. The van der Waals surface area contributed by atoms with E-state index < -0.39 is 0 Å². The lowest BCUT2D eigenvalue weighted by molar-refractivity contribution is 0.272. The Labute approximate surface area is 118 Å². The molecule has 0 amide bonds. The zero-order valence-corrected chi connectivity index (χ0v) is 11.6. The summed E-state index contributed by atoms with van der Waals surface area (Å²) in [5, 5.41) is 13.2. The second-order valence-corrected chi connectivity index (χ2v) is 4.84. The molecule has 3 nitrogen and oxygen atoms in total. The number of hydrogen-bond donors (Lipinski definition) is 2. The number of rotatable bonds is 5. The van der Waals surface area contributed by atoms with Crippen LogP contribution in [0.4, 0.5) is 5.69 Å². The third-order valence-electron chi connectivity index (χ3n) is 2.98. The molecule has 0 aliphatic carbocycles. The fourth-order valence-corrected chi connectivity index (χ4v) is 2.05. The fourth-order valence-electron chi connectivity index (χ4n) is 1.86. The van der Waals surface area contributed by atoms with E-state index in [9.17, 15) is 5.11 Å². The van der Waals surface area contributed by atoms with E-state index in [2.05, 4.69) is 10.3 Å². The Morgan fingerprint density at radius 3 is 2.79 bits per heavy atom. The van der Waals surface area contributed by atoms with Crippen molar-refractivity contribution < 1.29 is 5.11 Å². The van der Waals surface area contributed by atoms with Crippen molar-refractivity contribution in [1.29, 1.82) is 0 Å².